The first kappa shape index (κ1) is 12.0. The molecule has 1 atom stereocenters. The Labute approximate surface area is 93.8 Å². The lowest BCUT2D eigenvalue weighted by atomic mass is 10.2. The van der Waals surface area contributed by atoms with Crippen molar-refractivity contribution in [3.05, 3.63) is 16.1 Å². The van der Waals surface area contributed by atoms with Crippen molar-refractivity contribution < 1.29 is 5.11 Å². The van der Waals surface area contributed by atoms with E-state index in [4.69, 9.17) is 0 Å². The number of hydrogen-bond acceptors (Lipinski definition) is 4. The van der Waals surface area contributed by atoms with Crippen molar-refractivity contribution in [2.45, 2.75) is 32.8 Å². The standard InChI is InChI=1S/C10H17NOS2/c1-3-13-5-4-10(12)6-9-7-14-8(2)11-9/h7,10,12H,3-6H2,1-2H3. The van der Waals surface area contributed by atoms with Gasteiger partial charge < -0.3 is 5.11 Å². The molecular formula is C10H17NOS2. The molecule has 0 fully saturated rings. The van der Waals surface area contributed by atoms with Crippen LogP contribution in [-0.4, -0.2) is 27.7 Å². The van der Waals surface area contributed by atoms with Crippen molar-refractivity contribution >= 4 is 23.1 Å². The zero-order valence-electron chi connectivity index (χ0n) is 8.69. The topological polar surface area (TPSA) is 33.1 Å². The first-order chi connectivity index (χ1) is 6.72. The normalized spacial score (nSPS) is 13.1. The van der Waals surface area contributed by atoms with Gasteiger partial charge in [-0.3, -0.25) is 0 Å². The summed E-state index contributed by atoms with van der Waals surface area (Å²) in [6.45, 7) is 4.13. The second-order valence-electron chi connectivity index (χ2n) is 3.20. The number of hydrogen-bond donors (Lipinski definition) is 1. The summed E-state index contributed by atoms with van der Waals surface area (Å²) < 4.78 is 0. The molecule has 0 radical (unpaired) electrons. The lowest BCUT2D eigenvalue weighted by Gasteiger charge is -2.07. The van der Waals surface area contributed by atoms with Crippen LogP contribution < -0.4 is 0 Å². The van der Waals surface area contributed by atoms with Gasteiger partial charge in [-0.25, -0.2) is 4.98 Å². The molecule has 14 heavy (non-hydrogen) atoms. The average Bonchev–Trinajstić information content (AvgIpc) is 2.52. The Balaban J connectivity index is 2.23. The van der Waals surface area contributed by atoms with Crippen LogP contribution in [-0.2, 0) is 6.42 Å². The largest absolute Gasteiger partial charge is 0.393 e. The molecule has 0 saturated carbocycles. The van der Waals surface area contributed by atoms with Gasteiger partial charge in [-0.05, 0) is 24.9 Å². The van der Waals surface area contributed by atoms with E-state index in [1.165, 1.54) is 0 Å². The Morgan fingerprint density at radius 3 is 3.00 bits per heavy atom. The Morgan fingerprint density at radius 2 is 2.43 bits per heavy atom. The third-order valence-electron chi connectivity index (χ3n) is 1.91. The van der Waals surface area contributed by atoms with E-state index in [1.807, 2.05) is 24.1 Å². The molecule has 0 aliphatic heterocycles. The van der Waals surface area contributed by atoms with Gasteiger partial charge in [0.15, 0.2) is 0 Å². The SMILES string of the molecule is CCSCCC(O)Cc1csc(C)n1. The summed E-state index contributed by atoms with van der Waals surface area (Å²) in [5.41, 5.74) is 1.03. The molecule has 0 aliphatic carbocycles. The van der Waals surface area contributed by atoms with E-state index in [1.54, 1.807) is 11.3 Å². The summed E-state index contributed by atoms with van der Waals surface area (Å²) in [5.74, 6) is 2.17. The fraction of sp³-hybridized carbons (Fsp3) is 0.700. The molecule has 1 rings (SSSR count). The van der Waals surface area contributed by atoms with Crippen molar-refractivity contribution in [2.24, 2.45) is 0 Å². The fourth-order valence-corrected chi connectivity index (χ4v) is 2.56. The highest BCUT2D eigenvalue weighted by atomic mass is 32.2. The highest BCUT2D eigenvalue weighted by Gasteiger charge is 2.07. The fourth-order valence-electron chi connectivity index (χ4n) is 1.21. The molecule has 0 aliphatic rings. The molecule has 1 unspecified atom stereocenters. The maximum Gasteiger partial charge on any atom is 0.0897 e. The zero-order chi connectivity index (χ0) is 10.4. The molecule has 2 nitrogen and oxygen atoms in total. The molecule has 1 N–H and O–H groups in total. The monoisotopic (exact) mass is 231 g/mol. The van der Waals surface area contributed by atoms with E-state index in [0.717, 1.165) is 28.6 Å². The van der Waals surface area contributed by atoms with Crippen molar-refractivity contribution in [3.63, 3.8) is 0 Å². The van der Waals surface area contributed by atoms with Gasteiger partial charge in [0, 0.05) is 11.8 Å². The van der Waals surface area contributed by atoms with E-state index in [2.05, 4.69) is 11.9 Å². The van der Waals surface area contributed by atoms with E-state index < -0.39 is 0 Å². The first-order valence-electron chi connectivity index (χ1n) is 4.89. The lowest BCUT2D eigenvalue weighted by Crippen LogP contribution is -2.11. The van der Waals surface area contributed by atoms with Gasteiger partial charge in [0.2, 0.25) is 0 Å². The lowest BCUT2D eigenvalue weighted by molar-refractivity contribution is 0.171. The van der Waals surface area contributed by atoms with Crippen molar-refractivity contribution in [1.29, 1.82) is 0 Å². The molecule has 0 amide bonds. The third kappa shape index (κ3) is 4.44. The first-order valence-corrected chi connectivity index (χ1v) is 6.92. The van der Waals surface area contributed by atoms with E-state index in [0.29, 0.717) is 6.42 Å². The summed E-state index contributed by atoms with van der Waals surface area (Å²) in [6.07, 6.45) is 1.35. The minimum absolute atomic E-state index is 0.226. The van der Waals surface area contributed by atoms with Gasteiger partial charge >= 0.3 is 0 Å². The highest BCUT2D eigenvalue weighted by molar-refractivity contribution is 7.99. The van der Waals surface area contributed by atoms with Gasteiger partial charge in [0.25, 0.3) is 0 Å². The Hall–Kier alpha value is -0.0600. The number of aliphatic hydroxyl groups excluding tert-OH is 1. The van der Waals surface area contributed by atoms with Crippen molar-refractivity contribution in [1.82, 2.24) is 4.98 Å². The second kappa shape index (κ2) is 6.43. The Bertz CT molecular complexity index is 262. The van der Waals surface area contributed by atoms with Crippen LogP contribution in [0.4, 0.5) is 0 Å². The van der Waals surface area contributed by atoms with E-state index >= 15 is 0 Å². The number of aliphatic hydroxyl groups is 1. The van der Waals surface area contributed by atoms with Crippen LogP contribution in [0.5, 0.6) is 0 Å². The van der Waals surface area contributed by atoms with Crippen molar-refractivity contribution in [2.75, 3.05) is 11.5 Å². The smallest absolute Gasteiger partial charge is 0.0897 e. The third-order valence-corrected chi connectivity index (χ3v) is 3.67. The maximum atomic E-state index is 9.69. The van der Waals surface area contributed by atoms with Crippen LogP contribution in [0.1, 0.15) is 24.0 Å². The molecular weight excluding hydrogens is 214 g/mol. The molecule has 1 heterocycles. The van der Waals surface area contributed by atoms with Crippen LogP contribution >= 0.6 is 23.1 Å². The minimum Gasteiger partial charge on any atom is -0.393 e. The van der Waals surface area contributed by atoms with E-state index in [-0.39, 0.29) is 6.10 Å². The second-order valence-corrected chi connectivity index (χ2v) is 5.66. The quantitative estimate of drug-likeness (QED) is 0.764. The van der Waals surface area contributed by atoms with Gasteiger partial charge in [-0.1, -0.05) is 6.92 Å². The van der Waals surface area contributed by atoms with Crippen molar-refractivity contribution in [3.8, 4) is 0 Å². The predicted octanol–water partition coefficient (Wildman–Crippen LogP) is 2.50. The predicted molar refractivity (Wildman–Crippen MR) is 64.2 cm³/mol. The van der Waals surface area contributed by atoms with Crippen LogP contribution in [0, 0.1) is 6.92 Å². The summed E-state index contributed by atoms with van der Waals surface area (Å²) >= 11 is 3.52. The molecule has 80 valence electrons. The van der Waals surface area contributed by atoms with Gasteiger partial charge in [-0.2, -0.15) is 11.8 Å². The molecule has 0 aromatic carbocycles. The summed E-state index contributed by atoms with van der Waals surface area (Å²) in [7, 11) is 0. The Morgan fingerprint density at radius 1 is 1.64 bits per heavy atom. The van der Waals surface area contributed by atoms with Crippen LogP contribution in [0.25, 0.3) is 0 Å². The van der Waals surface area contributed by atoms with Crippen LogP contribution in [0.3, 0.4) is 0 Å². The van der Waals surface area contributed by atoms with Gasteiger partial charge in [0.05, 0.1) is 16.8 Å². The number of thioether (sulfide) groups is 1. The molecule has 0 bridgehead atoms. The highest BCUT2D eigenvalue weighted by Crippen LogP contribution is 2.12. The molecule has 0 saturated heterocycles. The molecule has 1 aromatic rings. The maximum absolute atomic E-state index is 9.69. The number of thiazole rings is 1. The molecule has 4 heteroatoms. The van der Waals surface area contributed by atoms with Gasteiger partial charge in [0.1, 0.15) is 0 Å². The minimum atomic E-state index is -0.226. The summed E-state index contributed by atoms with van der Waals surface area (Å²) in [6, 6.07) is 0. The van der Waals surface area contributed by atoms with E-state index in [9.17, 15) is 5.11 Å². The number of aromatic nitrogens is 1. The zero-order valence-corrected chi connectivity index (χ0v) is 10.3. The summed E-state index contributed by atoms with van der Waals surface area (Å²) in [5, 5.41) is 12.8. The average molecular weight is 231 g/mol. The number of rotatable bonds is 6. The molecule has 0 spiro atoms. The summed E-state index contributed by atoms with van der Waals surface area (Å²) in [4.78, 5) is 4.33. The van der Waals surface area contributed by atoms with Crippen LogP contribution in [0.15, 0.2) is 5.38 Å². The molecule has 1 aromatic heterocycles. The number of nitrogens with zero attached hydrogens (tertiary/aromatic N) is 1. The number of aryl methyl sites for hydroxylation is 1. The van der Waals surface area contributed by atoms with Gasteiger partial charge in [-0.15, -0.1) is 11.3 Å². The van der Waals surface area contributed by atoms with Crippen LogP contribution in [0.2, 0.25) is 0 Å². The Kier molecular flexibility index (Phi) is 5.52.